The molecule has 0 radical (unpaired) electrons. The Morgan fingerprint density at radius 3 is 0.892 bits per heavy atom. The molecular formula is C66H38N4O13. The number of nitrogens with zero attached hydrogens (tertiary/aromatic N) is 4. The van der Waals surface area contributed by atoms with E-state index < -0.39 is 58.8 Å². The number of benzene rings is 9. The standard InChI is InChI=1S/C66H38N4O13/c1-35-6-18-43(19-7-35)81-44-20-12-40(13-21-44)68-61(75)51-28-10-38(32-55(51)64(68)78)58(72)39-11-29-52-56(33-39)66(80)70(63(52)77)42-16-24-46(25-17-42)83-48-5-3-4-47(34-48)82-45-22-14-41(15-23-45)69-62(76)50-27-9-37(31-54(50)65(69)79)57(71)36-8-26-49-53(30-36)60(74)67(2)59(49)73/h3-34H,1-2H3. The average molecular weight is 1100 g/mol. The van der Waals surface area contributed by atoms with Gasteiger partial charge in [0.15, 0.2) is 11.6 Å². The number of hydrogen-bond acceptors (Lipinski definition) is 13. The van der Waals surface area contributed by atoms with Crippen molar-refractivity contribution < 1.29 is 62.2 Å². The van der Waals surface area contributed by atoms with Gasteiger partial charge < -0.3 is 14.2 Å². The lowest BCUT2D eigenvalue weighted by atomic mass is 9.96. The van der Waals surface area contributed by atoms with Gasteiger partial charge in [0.25, 0.3) is 47.3 Å². The van der Waals surface area contributed by atoms with Crippen LogP contribution in [-0.2, 0) is 0 Å². The third-order valence-electron chi connectivity index (χ3n) is 14.6. The third kappa shape index (κ3) is 8.68. The van der Waals surface area contributed by atoms with E-state index in [0.717, 1.165) is 25.2 Å². The first-order valence-electron chi connectivity index (χ1n) is 25.7. The molecule has 17 heteroatoms. The summed E-state index contributed by atoms with van der Waals surface area (Å²) in [7, 11) is 1.36. The van der Waals surface area contributed by atoms with Crippen LogP contribution in [0.25, 0.3) is 0 Å². The SMILES string of the molecule is Cc1ccc(Oc2ccc(N3C(=O)c4ccc(C(=O)c5ccc6c(c5)C(=O)N(c5ccc(Oc7cccc(Oc8ccc(N9C(=O)c%10ccc(C(=O)c%11ccc%12c(c%11)C(=O)N(C)C%12=O)cc%10C9=O)cc8)c7)cc5)C6=O)cc4C3=O)cc2)cc1. The number of aryl methyl sites for hydroxylation is 1. The van der Waals surface area contributed by atoms with Crippen molar-refractivity contribution in [2.75, 3.05) is 21.7 Å². The maximum absolute atomic E-state index is 13.9. The van der Waals surface area contributed by atoms with Crippen molar-refractivity contribution in [1.82, 2.24) is 4.90 Å². The molecule has 9 aromatic carbocycles. The highest BCUT2D eigenvalue weighted by Crippen LogP contribution is 2.37. The van der Waals surface area contributed by atoms with Crippen LogP contribution in [0, 0.1) is 6.92 Å². The molecule has 0 saturated heterocycles. The van der Waals surface area contributed by atoms with E-state index in [1.807, 2.05) is 31.2 Å². The van der Waals surface area contributed by atoms with E-state index in [1.54, 1.807) is 97.1 Å². The summed E-state index contributed by atoms with van der Waals surface area (Å²) in [6.07, 6.45) is 0. The molecule has 0 bridgehead atoms. The van der Waals surface area contributed by atoms with Crippen LogP contribution in [0.5, 0.6) is 34.5 Å². The molecule has 0 aromatic heterocycles. The van der Waals surface area contributed by atoms with Crippen LogP contribution in [0.1, 0.15) is 120 Å². The molecule has 4 heterocycles. The molecule has 0 unspecified atom stereocenters. The van der Waals surface area contributed by atoms with Crippen molar-refractivity contribution in [3.8, 4) is 34.5 Å². The lowest BCUT2D eigenvalue weighted by molar-refractivity contribution is 0.0690. The van der Waals surface area contributed by atoms with Crippen LogP contribution in [-0.4, -0.2) is 70.8 Å². The smallest absolute Gasteiger partial charge is 0.266 e. The number of amides is 8. The Bertz CT molecular complexity index is 4420. The summed E-state index contributed by atoms with van der Waals surface area (Å²) in [4.78, 5) is 138. The molecule has 0 aliphatic carbocycles. The van der Waals surface area contributed by atoms with E-state index in [-0.39, 0.29) is 78.1 Å². The normalized spacial score (nSPS) is 14.1. The summed E-state index contributed by atoms with van der Waals surface area (Å²) >= 11 is 0. The second-order valence-electron chi connectivity index (χ2n) is 19.8. The van der Waals surface area contributed by atoms with Gasteiger partial charge >= 0.3 is 0 Å². The molecule has 83 heavy (non-hydrogen) atoms. The number of carbonyl (C=O) groups is 10. The van der Waals surface area contributed by atoms with Crippen LogP contribution in [0.4, 0.5) is 17.1 Å². The second-order valence-corrected chi connectivity index (χ2v) is 19.8. The zero-order valence-electron chi connectivity index (χ0n) is 43.6. The van der Waals surface area contributed by atoms with Crippen molar-refractivity contribution in [3.05, 3.63) is 266 Å². The first kappa shape index (κ1) is 50.8. The Morgan fingerprint density at radius 2 is 0.554 bits per heavy atom. The molecule has 0 spiro atoms. The topological polar surface area (TPSA) is 211 Å². The van der Waals surface area contributed by atoms with Gasteiger partial charge in [0.1, 0.15) is 34.5 Å². The monoisotopic (exact) mass is 1090 g/mol. The molecule has 0 saturated carbocycles. The molecule has 0 fully saturated rings. The lowest BCUT2D eigenvalue weighted by Crippen LogP contribution is -2.29. The number of carbonyl (C=O) groups excluding carboxylic acids is 10. The average Bonchev–Trinajstić information content (AvgIpc) is 4.18. The fraction of sp³-hybridized carbons (Fsp3) is 0.0303. The van der Waals surface area contributed by atoms with E-state index in [1.165, 1.54) is 79.8 Å². The number of ether oxygens (including phenoxy) is 3. The van der Waals surface area contributed by atoms with E-state index in [4.69, 9.17) is 14.2 Å². The largest absolute Gasteiger partial charge is 0.457 e. The minimum absolute atomic E-state index is 0.0107. The maximum atomic E-state index is 13.9. The predicted molar refractivity (Wildman–Crippen MR) is 300 cm³/mol. The fourth-order valence-corrected chi connectivity index (χ4v) is 10.3. The van der Waals surface area contributed by atoms with Gasteiger partial charge in [0.05, 0.1) is 61.6 Å². The van der Waals surface area contributed by atoms with Crippen molar-refractivity contribution in [2.24, 2.45) is 0 Å². The Labute approximate surface area is 470 Å². The van der Waals surface area contributed by atoms with E-state index in [9.17, 15) is 47.9 Å². The zero-order valence-corrected chi connectivity index (χ0v) is 43.6. The van der Waals surface area contributed by atoms with Gasteiger partial charge in [-0.2, -0.15) is 0 Å². The van der Waals surface area contributed by atoms with Gasteiger partial charge in [-0.05, 0) is 153 Å². The Balaban J connectivity index is 0.635. The van der Waals surface area contributed by atoms with Gasteiger partial charge in [0.2, 0.25) is 0 Å². The quantitative estimate of drug-likeness (QED) is 0.0777. The number of rotatable bonds is 13. The second kappa shape index (κ2) is 19.6. The first-order valence-corrected chi connectivity index (χ1v) is 25.7. The number of imide groups is 4. The van der Waals surface area contributed by atoms with Crippen molar-refractivity contribution in [2.45, 2.75) is 6.92 Å². The third-order valence-corrected chi connectivity index (χ3v) is 14.6. The van der Waals surface area contributed by atoms with Crippen molar-refractivity contribution in [3.63, 3.8) is 0 Å². The van der Waals surface area contributed by atoms with Gasteiger partial charge in [0, 0.05) is 35.4 Å². The Kier molecular flexibility index (Phi) is 12.0. The molecule has 400 valence electrons. The molecule has 13 rings (SSSR count). The van der Waals surface area contributed by atoms with Gasteiger partial charge in [-0.1, -0.05) is 48.0 Å². The van der Waals surface area contributed by atoms with Crippen LogP contribution in [0.3, 0.4) is 0 Å². The first-order chi connectivity index (χ1) is 40.1. The van der Waals surface area contributed by atoms with Gasteiger partial charge in [-0.3, -0.25) is 52.8 Å². The van der Waals surface area contributed by atoms with E-state index in [2.05, 4.69) is 0 Å². The van der Waals surface area contributed by atoms with Crippen molar-refractivity contribution >= 4 is 75.9 Å². The van der Waals surface area contributed by atoms with Crippen LogP contribution >= 0.6 is 0 Å². The lowest BCUT2D eigenvalue weighted by Gasteiger charge is -2.15. The minimum atomic E-state index is -0.653. The molecule has 4 aliphatic heterocycles. The molecule has 17 nitrogen and oxygen atoms in total. The number of anilines is 3. The molecule has 4 aliphatic rings. The van der Waals surface area contributed by atoms with E-state index >= 15 is 0 Å². The summed E-state index contributed by atoms with van der Waals surface area (Å²) in [6, 6.07) is 50.0. The number of fused-ring (bicyclic) bond motifs is 4. The molecule has 0 atom stereocenters. The highest BCUT2D eigenvalue weighted by molar-refractivity contribution is 6.37. The fourth-order valence-electron chi connectivity index (χ4n) is 10.3. The van der Waals surface area contributed by atoms with Crippen LogP contribution in [0.15, 0.2) is 194 Å². The zero-order chi connectivity index (χ0) is 57.5. The minimum Gasteiger partial charge on any atom is -0.457 e. The van der Waals surface area contributed by atoms with Gasteiger partial charge in [-0.25, -0.2) is 14.7 Å². The highest BCUT2D eigenvalue weighted by atomic mass is 16.5. The molecular weight excluding hydrogens is 1060 g/mol. The molecule has 8 amide bonds. The highest BCUT2D eigenvalue weighted by Gasteiger charge is 2.41. The number of hydrogen-bond donors (Lipinski definition) is 0. The Morgan fingerprint density at radius 1 is 0.289 bits per heavy atom. The predicted octanol–water partition coefficient (Wildman–Crippen LogP) is 11.5. The summed E-state index contributed by atoms with van der Waals surface area (Å²) < 4.78 is 18.1. The van der Waals surface area contributed by atoms with Crippen LogP contribution in [0.2, 0.25) is 0 Å². The van der Waals surface area contributed by atoms with Gasteiger partial charge in [-0.15, -0.1) is 0 Å². The molecule has 0 N–H and O–H groups in total. The maximum Gasteiger partial charge on any atom is 0.266 e. The summed E-state index contributed by atoms with van der Waals surface area (Å²) in [6.45, 7) is 1.97. The van der Waals surface area contributed by atoms with Crippen LogP contribution < -0.4 is 28.9 Å². The Hall–Kier alpha value is -11.7. The number of ketones is 2. The van der Waals surface area contributed by atoms with Crippen molar-refractivity contribution in [1.29, 1.82) is 0 Å². The summed E-state index contributed by atoms with van der Waals surface area (Å²) in [5.74, 6) is -3.02. The summed E-state index contributed by atoms with van der Waals surface area (Å²) in [5.41, 5.74) is 3.07. The molecule has 9 aromatic rings. The van der Waals surface area contributed by atoms with E-state index in [0.29, 0.717) is 40.2 Å². The summed E-state index contributed by atoms with van der Waals surface area (Å²) in [5, 5.41) is 0.